The van der Waals surface area contributed by atoms with E-state index < -0.39 is 23.0 Å². The molecule has 0 unspecified atom stereocenters. The molecule has 0 spiro atoms. The van der Waals surface area contributed by atoms with E-state index in [1.165, 1.54) is 14.2 Å². The first kappa shape index (κ1) is 32.8. The smallest absolute Gasteiger partial charge is 0.359 e. The predicted molar refractivity (Wildman–Crippen MR) is 162 cm³/mol. The van der Waals surface area contributed by atoms with Crippen molar-refractivity contribution >= 4 is 28.8 Å². The van der Waals surface area contributed by atoms with Crippen LogP contribution in [0.2, 0.25) is 0 Å². The number of aromatic nitrogens is 2. The highest BCUT2D eigenvalue weighted by Crippen LogP contribution is 2.39. The number of methoxy groups -OCH3 is 2. The highest BCUT2D eigenvalue weighted by Gasteiger charge is 2.41. The van der Waals surface area contributed by atoms with Crippen molar-refractivity contribution in [3.63, 3.8) is 0 Å². The lowest BCUT2D eigenvalue weighted by atomic mass is 9.73. The molecule has 0 fully saturated rings. The number of rotatable bonds is 13. The van der Waals surface area contributed by atoms with Crippen molar-refractivity contribution in [2.45, 2.75) is 48.0 Å². The third kappa shape index (κ3) is 6.82. The maximum atomic E-state index is 13.3. The Bertz CT molecular complexity index is 1420. The van der Waals surface area contributed by atoms with Crippen LogP contribution in [0.3, 0.4) is 0 Å². The third-order valence-corrected chi connectivity index (χ3v) is 6.83. The fraction of sp³-hybridized carbons (Fsp3) is 0.333. The minimum Gasteiger partial charge on any atom is -0.489 e. The van der Waals surface area contributed by atoms with Crippen molar-refractivity contribution in [3.8, 4) is 0 Å². The lowest BCUT2D eigenvalue weighted by molar-refractivity contribution is -0.122. The van der Waals surface area contributed by atoms with Gasteiger partial charge in [0.25, 0.3) is 0 Å². The van der Waals surface area contributed by atoms with E-state index in [2.05, 4.69) is 18.3 Å². The SMILES string of the molecule is C=C/C=C\C(=C/C)n1nc(C(=O)OCCC(C)(C)C2=C(C)C(=O)C(OC)=C(OC)C2=O)c(C)c1/C(C=C)=C/C=C\C. The number of hydrogen-bond acceptors (Lipinski definition) is 7. The first-order valence-corrected chi connectivity index (χ1v) is 13.3. The van der Waals surface area contributed by atoms with E-state index >= 15 is 0 Å². The molecular formula is C33H40N2O6. The number of carbonyl (C=O) groups excluding carboxylic acids is 3. The van der Waals surface area contributed by atoms with Gasteiger partial charge in [-0.1, -0.05) is 69.5 Å². The van der Waals surface area contributed by atoms with Crippen molar-refractivity contribution < 1.29 is 28.6 Å². The number of allylic oxidation sites excluding steroid dienone is 12. The molecule has 1 aromatic rings. The summed E-state index contributed by atoms with van der Waals surface area (Å²) in [5.41, 5.74) is 2.77. The van der Waals surface area contributed by atoms with Crippen molar-refractivity contribution in [1.29, 1.82) is 0 Å². The van der Waals surface area contributed by atoms with Gasteiger partial charge in [-0.3, -0.25) is 9.59 Å². The predicted octanol–water partition coefficient (Wildman–Crippen LogP) is 6.49. The van der Waals surface area contributed by atoms with Gasteiger partial charge < -0.3 is 14.2 Å². The molecule has 0 saturated heterocycles. The minimum atomic E-state index is -0.807. The Labute approximate surface area is 242 Å². The topological polar surface area (TPSA) is 96.7 Å². The lowest BCUT2D eigenvalue weighted by Gasteiger charge is -2.31. The van der Waals surface area contributed by atoms with Gasteiger partial charge in [-0.25, -0.2) is 9.48 Å². The van der Waals surface area contributed by atoms with Crippen LogP contribution in [-0.2, 0) is 23.8 Å². The number of nitrogens with zero attached hydrogens (tertiary/aromatic N) is 2. The standard InChI is InChI=1S/C33H40N2O6/c1-11-15-17-23(13-3)27-22(6)26(34-35(27)24(14-4)18-16-12-2)32(38)41-20-19-33(7,8)25-21(5)28(36)30(39-9)31(40-10)29(25)37/h11-18H,2-3,19-20H2,1,4-10H3/b15-11-,18-16-,23-17+,24-14+. The van der Waals surface area contributed by atoms with E-state index in [9.17, 15) is 14.4 Å². The van der Waals surface area contributed by atoms with Crippen LogP contribution < -0.4 is 0 Å². The fourth-order valence-corrected chi connectivity index (χ4v) is 4.67. The quantitative estimate of drug-likeness (QED) is 0.155. The van der Waals surface area contributed by atoms with Crippen LogP contribution >= 0.6 is 0 Å². The molecule has 0 atom stereocenters. The van der Waals surface area contributed by atoms with Crippen LogP contribution in [-0.4, -0.2) is 48.1 Å². The Kier molecular flexibility index (Phi) is 11.4. The Morgan fingerprint density at radius 3 is 2.20 bits per heavy atom. The summed E-state index contributed by atoms with van der Waals surface area (Å²) in [4.78, 5) is 39.4. The maximum absolute atomic E-state index is 13.3. The van der Waals surface area contributed by atoms with Gasteiger partial charge in [0.2, 0.25) is 23.1 Å². The van der Waals surface area contributed by atoms with Gasteiger partial charge in [-0.15, -0.1) is 0 Å². The van der Waals surface area contributed by atoms with Gasteiger partial charge in [0.1, 0.15) is 0 Å². The molecule has 1 aliphatic rings. The zero-order valence-electron chi connectivity index (χ0n) is 25.3. The maximum Gasteiger partial charge on any atom is 0.359 e. The molecule has 0 bridgehead atoms. The number of hydrogen-bond donors (Lipinski definition) is 0. The van der Waals surface area contributed by atoms with Crippen molar-refractivity contribution in [2.24, 2.45) is 5.41 Å². The Morgan fingerprint density at radius 2 is 1.66 bits per heavy atom. The Morgan fingerprint density at radius 1 is 1.02 bits per heavy atom. The molecule has 0 N–H and O–H groups in total. The molecule has 41 heavy (non-hydrogen) atoms. The average Bonchev–Trinajstić information content (AvgIpc) is 3.27. The van der Waals surface area contributed by atoms with Gasteiger partial charge in [-0.2, -0.15) is 5.10 Å². The molecule has 0 radical (unpaired) electrons. The summed E-state index contributed by atoms with van der Waals surface area (Å²) in [6.45, 7) is 18.5. The van der Waals surface area contributed by atoms with E-state index in [4.69, 9.17) is 14.2 Å². The monoisotopic (exact) mass is 560 g/mol. The number of Topliss-reactive ketones (excluding diaryl/α,β-unsaturated/α-hetero) is 2. The Hall–Kier alpha value is -4.46. The van der Waals surface area contributed by atoms with Gasteiger partial charge in [0.05, 0.1) is 32.2 Å². The largest absolute Gasteiger partial charge is 0.489 e. The highest BCUT2D eigenvalue weighted by atomic mass is 16.5. The number of esters is 1. The molecule has 1 aliphatic carbocycles. The van der Waals surface area contributed by atoms with Crippen LogP contribution in [0.1, 0.15) is 62.8 Å². The minimum absolute atomic E-state index is 0.00947. The van der Waals surface area contributed by atoms with Crippen LogP contribution in [0.5, 0.6) is 0 Å². The first-order valence-electron chi connectivity index (χ1n) is 13.3. The summed E-state index contributed by atoms with van der Waals surface area (Å²) in [6.07, 6.45) is 14.8. The molecule has 8 heteroatoms. The third-order valence-electron chi connectivity index (χ3n) is 6.83. The van der Waals surface area contributed by atoms with Crippen molar-refractivity contribution in [1.82, 2.24) is 9.78 Å². The zero-order chi connectivity index (χ0) is 30.9. The molecule has 0 aliphatic heterocycles. The molecule has 218 valence electrons. The lowest BCUT2D eigenvalue weighted by Crippen LogP contribution is -2.33. The van der Waals surface area contributed by atoms with E-state index in [-0.39, 0.29) is 35.8 Å². The molecule has 0 aromatic carbocycles. The second-order valence-corrected chi connectivity index (χ2v) is 9.89. The second-order valence-electron chi connectivity index (χ2n) is 9.89. The van der Waals surface area contributed by atoms with Crippen molar-refractivity contribution in [3.05, 3.63) is 101 Å². The van der Waals surface area contributed by atoms with Crippen LogP contribution in [0.15, 0.2) is 84.4 Å². The average molecular weight is 561 g/mol. The van der Waals surface area contributed by atoms with E-state index in [1.54, 1.807) is 29.8 Å². The molecule has 0 amide bonds. The normalized spacial score (nSPS) is 15.3. The molecule has 8 nitrogen and oxygen atoms in total. The highest BCUT2D eigenvalue weighted by molar-refractivity contribution is 6.23. The fourth-order valence-electron chi connectivity index (χ4n) is 4.67. The van der Waals surface area contributed by atoms with Crippen LogP contribution in [0.25, 0.3) is 11.3 Å². The van der Waals surface area contributed by atoms with E-state index in [1.807, 2.05) is 65.0 Å². The summed E-state index contributed by atoms with van der Waals surface area (Å²) < 4.78 is 17.7. The summed E-state index contributed by atoms with van der Waals surface area (Å²) in [6, 6.07) is 0. The summed E-state index contributed by atoms with van der Waals surface area (Å²) in [7, 11) is 2.64. The zero-order valence-corrected chi connectivity index (χ0v) is 25.3. The molecule has 1 aromatic heterocycles. The summed E-state index contributed by atoms with van der Waals surface area (Å²) in [5.74, 6) is -1.69. The Balaban J connectivity index is 2.41. The summed E-state index contributed by atoms with van der Waals surface area (Å²) >= 11 is 0. The number of ketones is 2. The van der Waals surface area contributed by atoms with E-state index in [0.717, 1.165) is 11.3 Å². The number of carbonyl (C=O) groups is 3. The van der Waals surface area contributed by atoms with Gasteiger partial charge in [0, 0.05) is 16.7 Å². The molecule has 0 saturated carbocycles. The first-order chi connectivity index (χ1) is 19.4. The number of ether oxygens (including phenoxy) is 3. The van der Waals surface area contributed by atoms with E-state index in [0.29, 0.717) is 16.8 Å². The molecule has 1 heterocycles. The van der Waals surface area contributed by atoms with Crippen LogP contribution in [0.4, 0.5) is 0 Å². The van der Waals surface area contributed by atoms with Gasteiger partial charge in [0.15, 0.2) is 5.69 Å². The molecule has 2 rings (SSSR count). The second kappa shape index (κ2) is 14.3. The van der Waals surface area contributed by atoms with Gasteiger partial charge >= 0.3 is 5.97 Å². The van der Waals surface area contributed by atoms with Crippen molar-refractivity contribution in [2.75, 3.05) is 20.8 Å². The van der Waals surface area contributed by atoms with Gasteiger partial charge in [-0.05, 0) is 51.2 Å². The summed E-state index contributed by atoms with van der Waals surface area (Å²) in [5, 5.41) is 4.62. The van der Waals surface area contributed by atoms with Crippen LogP contribution in [0, 0.1) is 12.3 Å². The molecular weight excluding hydrogens is 520 g/mol.